The van der Waals surface area contributed by atoms with Crippen LogP contribution in [0.3, 0.4) is 0 Å². The minimum Gasteiger partial charge on any atom is -0.346 e. The van der Waals surface area contributed by atoms with Gasteiger partial charge in [0.1, 0.15) is 17.8 Å². The topological polar surface area (TPSA) is 95.9 Å². The molecule has 23 heavy (non-hydrogen) atoms. The van der Waals surface area contributed by atoms with Gasteiger partial charge in [-0.1, -0.05) is 0 Å². The summed E-state index contributed by atoms with van der Waals surface area (Å²) in [6, 6.07) is 0. The Bertz CT molecular complexity index is 766. The van der Waals surface area contributed by atoms with Crippen LogP contribution in [0.4, 0.5) is 13.2 Å². The maximum absolute atomic E-state index is 12.0. The van der Waals surface area contributed by atoms with Crippen LogP contribution in [0.1, 0.15) is 5.82 Å². The molecule has 0 atom stereocenters. The number of fused-ring (bicyclic) bond motifs is 1. The summed E-state index contributed by atoms with van der Waals surface area (Å²) >= 11 is 0. The van der Waals surface area contributed by atoms with E-state index in [-0.39, 0.29) is 24.5 Å². The fraction of sp³-hybridized carbons (Fsp3) is 0.500. The zero-order chi connectivity index (χ0) is 17.2. The maximum atomic E-state index is 12.0. The lowest BCUT2D eigenvalue weighted by Crippen LogP contribution is -2.40. The summed E-state index contributed by atoms with van der Waals surface area (Å²) in [5.74, 6) is -0.481. The molecule has 0 aliphatic carbocycles. The van der Waals surface area contributed by atoms with E-state index in [1.165, 1.54) is 22.8 Å². The molecule has 0 saturated carbocycles. The molecule has 2 rings (SSSR count). The molecule has 2 aromatic heterocycles. The van der Waals surface area contributed by atoms with E-state index in [9.17, 15) is 22.8 Å². The van der Waals surface area contributed by atoms with Gasteiger partial charge in [-0.05, 0) is 7.05 Å². The van der Waals surface area contributed by atoms with Crippen molar-refractivity contribution < 1.29 is 18.0 Å². The van der Waals surface area contributed by atoms with Crippen LogP contribution in [0, 0.1) is 0 Å². The largest absolute Gasteiger partial charge is 0.405 e. The highest BCUT2D eigenvalue weighted by atomic mass is 19.4. The molecule has 0 fully saturated rings. The number of alkyl halides is 3. The highest BCUT2D eigenvalue weighted by Crippen LogP contribution is 2.12. The van der Waals surface area contributed by atoms with Crippen molar-refractivity contribution in [3.63, 3.8) is 0 Å². The van der Waals surface area contributed by atoms with Crippen LogP contribution in [0.15, 0.2) is 11.0 Å². The molecule has 0 aliphatic heterocycles. The average Bonchev–Trinajstić information content (AvgIpc) is 2.78. The van der Waals surface area contributed by atoms with Crippen LogP contribution in [0.5, 0.6) is 0 Å². The van der Waals surface area contributed by atoms with Gasteiger partial charge in [-0.25, -0.2) is 4.98 Å². The van der Waals surface area contributed by atoms with Crippen LogP contribution in [-0.4, -0.2) is 56.9 Å². The fourth-order valence-electron chi connectivity index (χ4n) is 1.96. The number of aromatic amines is 1. The molecule has 0 saturated heterocycles. The van der Waals surface area contributed by atoms with E-state index in [4.69, 9.17) is 0 Å². The first-order valence-electron chi connectivity index (χ1n) is 6.58. The first-order valence-corrected chi connectivity index (χ1v) is 6.58. The van der Waals surface area contributed by atoms with Crippen LogP contribution < -0.4 is 10.9 Å². The lowest BCUT2D eigenvalue weighted by Gasteiger charge is -2.16. The van der Waals surface area contributed by atoms with Gasteiger partial charge >= 0.3 is 6.18 Å². The lowest BCUT2D eigenvalue weighted by atomic mass is 10.4. The second kappa shape index (κ2) is 6.36. The van der Waals surface area contributed by atoms with E-state index in [2.05, 4.69) is 15.1 Å². The fourth-order valence-corrected chi connectivity index (χ4v) is 1.96. The molecule has 126 valence electrons. The summed E-state index contributed by atoms with van der Waals surface area (Å²) in [5.41, 5.74) is 0.0201. The monoisotopic (exact) mass is 332 g/mol. The van der Waals surface area contributed by atoms with Crippen LogP contribution >= 0.6 is 0 Å². The number of carbonyl (C=O) groups is 1. The Balaban J connectivity index is 2.00. The average molecular weight is 332 g/mol. The Morgan fingerprint density at radius 3 is 2.83 bits per heavy atom. The molecule has 8 nitrogen and oxygen atoms in total. The maximum Gasteiger partial charge on any atom is 0.405 e. The summed E-state index contributed by atoms with van der Waals surface area (Å²) in [5, 5.41) is 6.03. The van der Waals surface area contributed by atoms with E-state index in [0.717, 1.165) is 0 Å². The summed E-state index contributed by atoms with van der Waals surface area (Å²) in [7, 11) is 3.16. The number of carbonyl (C=O) groups excluding carboxylic acids is 1. The Morgan fingerprint density at radius 2 is 2.17 bits per heavy atom. The second-order valence-electron chi connectivity index (χ2n) is 5.08. The number of likely N-dealkylation sites (N-methyl/N-ethyl adjacent to an activating group) is 1. The smallest absolute Gasteiger partial charge is 0.346 e. The third-order valence-corrected chi connectivity index (χ3v) is 2.97. The van der Waals surface area contributed by atoms with Gasteiger partial charge in [-0.15, -0.1) is 0 Å². The summed E-state index contributed by atoms with van der Waals surface area (Å²) < 4.78 is 37.5. The number of aromatic nitrogens is 4. The van der Waals surface area contributed by atoms with Crippen LogP contribution in [0.25, 0.3) is 11.0 Å². The molecule has 1 amide bonds. The molecule has 0 aromatic carbocycles. The SMILES string of the molecule is CN(CC(=O)NCC(F)(F)F)Cc1nc2c(cnn2C)c(=O)[nH]1. The van der Waals surface area contributed by atoms with E-state index in [0.29, 0.717) is 11.0 Å². The molecule has 0 spiro atoms. The molecule has 0 aliphatic rings. The van der Waals surface area contributed by atoms with Crippen molar-refractivity contribution in [3.05, 3.63) is 22.4 Å². The van der Waals surface area contributed by atoms with Crippen molar-refractivity contribution in [1.29, 1.82) is 0 Å². The zero-order valence-corrected chi connectivity index (χ0v) is 12.4. The summed E-state index contributed by atoms with van der Waals surface area (Å²) in [6.07, 6.45) is -3.06. The normalized spacial score (nSPS) is 12.1. The predicted molar refractivity (Wildman–Crippen MR) is 74.5 cm³/mol. The predicted octanol–water partition coefficient (Wildman–Crippen LogP) is -0.233. The first-order chi connectivity index (χ1) is 10.7. The molecular weight excluding hydrogens is 317 g/mol. The highest BCUT2D eigenvalue weighted by Gasteiger charge is 2.27. The zero-order valence-electron chi connectivity index (χ0n) is 12.4. The van der Waals surface area contributed by atoms with Crippen molar-refractivity contribution in [3.8, 4) is 0 Å². The Labute approximate surface area is 128 Å². The summed E-state index contributed by atoms with van der Waals surface area (Å²) in [6.45, 7) is -1.55. The van der Waals surface area contributed by atoms with Gasteiger partial charge in [-0.2, -0.15) is 18.3 Å². The van der Waals surface area contributed by atoms with E-state index >= 15 is 0 Å². The molecular formula is C12H15F3N6O2. The van der Waals surface area contributed by atoms with Gasteiger partial charge < -0.3 is 10.3 Å². The van der Waals surface area contributed by atoms with Crippen LogP contribution in [0.2, 0.25) is 0 Å². The third kappa shape index (κ3) is 4.52. The number of hydrogen-bond donors (Lipinski definition) is 2. The van der Waals surface area contributed by atoms with Gasteiger partial charge in [0.15, 0.2) is 5.65 Å². The third-order valence-electron chi connectivity index (χ3n) is 2.97. The molecule has 0 bridgehead atoms. The molecule has 0 radical (unpaired) electrons. The number of hydrogen-bond acceptors (Lipinski definition) is 5. The number of H-pyrrole nitrogens is 1. The minimum atomic E-state index is -4.45. The molecule has 2 heterocycles. The van der Waals surface area contributed by atoms with Crippen molar-refractivity contribution >= 4 is 16.9 Å². The van der Waals surface area contributed by atoms with Gasteiger partial charge in [0.2, 0.25) is 5.91 Å². The van der Waals surface area contributed by atoms with Crippen molar-refractivity contribution in [2.45, 2.75) is 12.7 Å². The number of amides is 1. The highest BCUT2D eigenvalue weighted by molar-refractivity contribution is 5.78. The Morgan fingerprint density at radius 1 is 1.48 bits per heavy atom. The van der Waals surface area contributed by atoms with Crippen LogP contribution in [-0.2, 0) is 18.4 Å². The van der Waals surface area contributed by atoms with Crippen molar-refractivity contribution in [2.24, 2.45) is 7.05 Å². The molecule has 2 aromatic rings. The quantitative estimate of drug-likeness (QED) is 0.788. The van der Waals surface area contributed by atoms with Crippen molar-refractivity contribution in [2.75, 3.05) is 20.1 Å². The minimum absolute atomic E-state index is 0.0931. The van der Waals surface area contributed by atoms with Gasteiger partial charge in [0.25, 0.3) is 5.56 Å². The second-order valence-corrected chi connectivity index (χ2v) is 5.08. The number of halogens is 3. The lowest BCUT2D eigenvalue weighted by molar-refractivity contribution is -0.138. The Hall–Kier alpha value is -2.43. The van der Waals surface area contributed by atoms with Gasteiger partial charge in [0, 0.05) is 7.05 Å². The molecule has 0 unspecified atom stereocenters. The molecule has 2 N–H and O–H groups in total. The van der Waals surface area contributed by atoms with E-state index in [1.807, 2.05) is 0 Å². The van der Waals surface area contributed by atoms with E-state index in [1.54, 1.807) is 12.4 Å². The first kappa shape index (κ1) is 16.9. The number of rotatable bonds is 5. The summed E-state index contributed by atoms with van der Waals surface area (Å²) in [4.78, 5) is 31.5. The Kier molecular flexibility index (Phi) is 4.68. The van der Waals surface area contributed by atoms with Gasteiger partial charge in [-0.3, -0.25) is 19.2 Å². The number of nitrogens with zero attached hydrogens (tertiary/aromatic N) is 4. The number of aryl methyl sites for hydroxylation is 1. The standard InChI is InChI=1S/C12H15F3N6O2/c1-20(5-9(22)16-6-12(13,14)15)4-8-18-10-7(11(23)19-8)3-17-21(10)2/h3H,4-6H2,1-2H3,(H,16,22)(H,18,19,23). The molecule has 11 heteroatoms. The van der Waals surface area contributed by atoms with Crippen molar-refractivity contribution in [1.82, 2.24) is 30.0 Å². The van der Waals surface area contributed by atoms with Gasteiger partial charge in [0.05, 0.1) is 19.3 Å². The van der Waals surface area contributed by atoms with E-state index < -0.39 is 18.6 Å². The number of nitrogens with one attached hydrogen (secondary N) is 2.